The Labute approximate surface area is 142 Å². The number of aryl methyl sites for hydroxylation is 1. The maximum Gasteiger partial charge on any atom is 0.292 e. The predicted molar refractivity (Wildman–Crippen MR) is 92.3 cm³/mol. The highest BCUT2D eigenvalue weighted by Crippen LogP contribution is 2.29. The number of hydrogen-bond donors (Lipinski definition) is 0. The van der Waals surface area contributed by atoms with Crippen LogP contribution in [0.4, 0.5) is 5.82 Å². The van der Waals surface area contributed by atoms with Crippen molar-refractivity contribution in [2.24, 2.45) is 0 Å². The lowest BCUT2D eigenvalue weighted by Gasteiger charge is -2.32. The summed E-state index contributed by atoms with van der Waals surface area (Å²) in [6.07, 6.45) is 4.68. The zero-order chi connectivity index (χ0) is 17.1. The fourth-order valence-corrected chi connectivity index (χ4v) is 3.10. The Kier molecular flexibility index (Phi) is 4.83. The van der Waals surface area contributed by atoms with Crippen LogP contribution in [0.3, 0.4) is 0 Å². The third-order valence-electron chi connectivity index (χ3n) is 4.54. The third kappa shape index (κ3) is 3.42. The van der Waals surface area contributed by atoms with E-state index in [1.165, 1.54) is 5.56 Å². The highest BCUT2D eigenvalue weighted by Gasteiger charge is 2.27. The van der Waals surface area contributed by atoms with Gasteiger partial charge in [-0.1, -0.05) is 12.1 Å². The molecule has 0 radical (unpaired) electrons. The molecule has 0 aliphatic carbocycles. The van der Waals surface area contributed by atoms with Crippen LogP contribution in [0.1, 0.15) is 47.5 Å². The van der Waals surface area contributed by atoms with Crippen molar-refractivity contribution in [3.8, 4) is 0 Å². The SMILES string of the molecule is CCc1cc(C(=O)N2CCCC(c3ccnc(N(C)C)c3)C2)on1. The van der Waals surface area contributed by atoms with Crippen LogP contribution in [0.5, 0.6) is 0 Å². The van der Waals surface area contributed by atoms with Crippen molar-refractivity contribution in [3.05, 3.63) is 41.4 Å². The molecule has 0 N–H and O–H groups in total. The number of piperidine rings is 1. The van der Waals surface area contributed by atoms with Crippen molar-refractivity contribution in [2.45, 2.75) is 32.1 Å². The Balaban J connectivity index is 1.74. The molecule has 2 aromatic heterocycles. The van der Waals surface area contributed by atoms with Crippen LogP contribution in [0.2, 0.25) is 0 Å². The molecule has 0 aromatic carbocycles. The van der Waals surface area contributed by atoms with Crippen LogP contribution in [-0.2, 0) is 6.42 Å². The van der Waals surface area contributed by atoms with Crippen molar-refractivity contribution in [1.29, 1.82) is 0 Å². The number of amides is 1. The average molecular weight is 328 g/mol. The summed E-state index contributed by atoms with van der Waals surface area (Å²) < 4.78 is 5.20. The number of carbonyl (C=O) groups excluding carboxylic acids is 1. The Morgan fingerprint density at radius 3 is 2.96 bits per heavy atom. The third-order valence-corrected chi connectivity index (χ3v) is 4.54. The second-order valence-corrected chi connectivity index (χ2v) is 6.47. The summed E-state index contributed by atoms with van der Waals surface area (Å²) in [7, 11) is 3.97. The van der Waals surface area contributed by atoms with Gasteiger partial charge in [-0.3, -0.25) is 4.79 Å². The summed E-state index contributed by atoms with van der Waals surface area (Å²) in [5.41, 5.74) is 2.05. The monoisotopic (exact) mass is 328 g/mol. The lowest BCUT2D eigenvalue weighted by Crippen LogP contribution is -2.39. The Hall–Kier alpha value is -2.37. The minimum Gasteiger partial charge on any atom is -0.363 e. The molecule has 24 heavy (non-hydrogen) atoms. The number of rotatable bonds is 4. The van der Waals surface area contributed by atoms with E-state index in [2.05, 4.69) is 22.3 Å². The minimum atomic E-state index is -0.0613. The lowest BCUT2D eigenvalue weighted by molar-refractivity contribution is 0.0665. The molecule has 2 aromatic rings. The first-order valence-corrected chi connectivity index (χ1v) is 8.46. The average Bonchev–Trinajstić information content (AvgIpc) is 3.10. The molecule has 0 saturated carbocycles. The van der Waals surface area contributed by atoms with E-state index in [9.17, 15) is 4.79 Å². The summed E-state index contributed by atoms with van der Waals surface area (Å²) >= 11 is 0. The molecule has 1 amide bonds. The highest BCUT2D eigenvalue weighted by atomic mass is 16.5. The zero-order valence-electron chi connectivity index (χ0n) is 14.5. The Morgan fingerprint density at radius 2 is 2.25 bits per heavy atom. The van der Waals surface area contributed by atoms with Gasteiger partial charge in [-0.25, -0.2) is 4.98 Å². The number of aromatic nitrogens is 2. The highest BCUT2D eigenvalue weighted by molar-refractivity contribution is 5.91. The smallest absolute Gasteiger partial charge is 0.292 e. The number of pyridine rings is 1. The van der Waals surface area contributed by atoms with Gasteiger partial charge in [-0.15, -0.1) is 0 Å². The number of carbonyl (C=O) groups is 1. The van der Waals surface area contributed by atoms with E-state index >= 15 is 0 Å². The summed E-state index contributed by atoms with van der Waals surface area (Å²) in [5.74, 6) is 1.56. The lowest BCUT2D eigenvalue weighted by atomic mass is 9.91. The molecule has 3 rings (SSSR count). The maximum atomic E-state index is 12.7. The molecular weight excluding hydrogens is 304 g/mol. The van der Waals surface area contributed by atoms with Gasteiger partial charge < -0.3 is 14.3 Å². The van der Waals surface area contributed by atoms with Crippen molar-refractivity contribution in [3.63, 3.8) is 0 Å². The fourth-order valence-electron chi connectivity index (χ4n) is 3.10. The van der Waals surface area contributed by atoms with Gasteiger partial charge in [0.15, 0.2) is 0 Å². The molecule has 0 spiro atoms. The molecule has 6 heteroatoms. The number of anilines is 1. The first-order chi connectivity index (χ1) is 11.6. The van der Waals surface area contributed by atoms with E-state index in [0.29, 0.717) is 18.2 Å². The predicted octanol–water partition coefficient (Wildman–Crippen LogP) is 2.72. The molecule has 1 fully saturated rings. The van der Waals surface area contributed by atoms with Gasteiger partial charge in [-0.2, -0.15) is 0 Å². The van der Waals surface area contributed by atoms with Crippen molar-refractivity contribution >= 4 is 11.7 Å². The van der Waals surface area contributed by atoms with Crippen LogP contribution in [-0.4, -0.2) is 48.1 Å². The van der Waals surface area contributed by atoms with Crippen molar-refractivity contribution in [1.82, 2.24) is 15.0 Å². The molecule has 1 aliphatic rings. The fraction of sp³-hybridized carbons (Fsp3) is 0.500. The Morgan fingerprint density at radius 1 is 1.42 bits per heavy atom. The van der Waals surface area contributed by atoms with E-state index < -0.39 is 0 Å². The number of nitrogens with zero attached hydrogens (tertiary/aromatic N) is 4. The first-order valence-electron chi connectivity index (χ1n) is 8.46. The second kappa shape index (κ2) is 7.03. The molecule has 1 unspecified atom stereocenters. The van der Waals surface area contributed by atoms with Crippen molar-refractivity contribution in [2.75, 3.05) is 32.1 Å². The van der Waals surface area contributed by atoms with E-state index in [1.807, 2.05) is 37.0 Å². The van der Waals surface area contributed by atoms with Gasteiger partial charge in [0.1, 0.15) is 5.82 Å². The van der Waals surface area contributed by atoms with Gasteiger partial charge >= 0.3 is 0 Å². The molecule has 128 valence electrons. The largest absolute Gasteiger partial charge is 0.363 e. The number of hydrogen-bond acceptors (Lipinski definition) is 5. The topological polar surface area (TPSA) is 62.5 Å². The van der Waals surface area contributed by atoms with Gasteiger partial charge in [0, 0.05) is 45.4 Å². The molecule has 1 atom stereocenters. The van der Waals surface area contributed by atoms with Gasteiger partial charge in [0.2, 0.25) is 5.76 Å². The molecule has 0 bridgehead atoms. The quantitative estimate of drug-likeness (QED) is 0.863. The Bertz CT molecular complexity index is 711. The molecule has 1 saturated heterocycles. The summed E-state index contributed by atoms with van der Waals surface area (Å²) in [6, 6.07) is 5.92. The number of likely N-dealkylation sites (tertiary alicyclic amines) is 1. The normalized spacial score (nSPS) is 17.8. The van der Waals surface area contributed by atoms with Crippen LogP contribution in [0.25, 0.3) is 0 Å². The zero-order valence-corrected chi connectivity index (χ0v) is 14.5. The molecule has 3 heterocycles. The van der Waals surface area contributed by atoms with Crippen LogP contribution >= 0.6 is 0 Å². The van der Waals surface area contributed by atoms with E-state index in [1.54, 1.807) is 6.07 Å². The van der Waals surface area contributed by atoms with Gasteiger partial charge in [0.05, 0.1) is 5.69 Å². The van der Waals surface area contributed by atoms with E-state index in [4.69, 9.17) is 4.52 Å². The molecule has 6 nitrogen and oxygen atoms in total. The summed E-state index contributed by atoms with van der Waals surface area (Å²) in [6.45, 7) is 3.47. The van der Waals surface area contributed by atoms with Crippen LogP contribution in [0, 0.1) is 0 Å². The van der Waals surface area contributed by atoms with Crippen LogP contribution < -0.4 is 4.90 Å². The molecule has 1 aliphatic heterocycles. The standard InChI is InChI=1S/C18H24N4O2/c1-4-15-11-16(24-20-15)18(23)22-9-5-6-14(12-22)13-7-8-19-17(10-13)21(2)3/h7-8,10-11,14H,4-6,9,12H2,1-3H3. The van der Waals surface area contributed by atoms with Gasteiger partial charge in [-0.05, 0) is 37.0 Å². The van der Waals surface area contributed by atoms with E-state index in [0.717, 1.165) is 37.3 Å². The molecular formula is C18H24N4O2. The maximum absolute atomic E-state index is 12.7. The minimum absolute atomic E-state index is 0.0613. The van der Waals surface area contributed by atoms with E-state index in [-0.39, 0.29) is 5.91 Å². The second-order valence-electron chi connectivity index (χ2n) is 6.47. The van der Waals surface area contributed by atoms with Crippen LogP contribution in [0.15, 0.2) is 28.9 Å². The van der Waals surface area contributed by atoms with Crippen molar-refractivity contribution < 1.29 is 9.32 Å². The summed E-state index contributed by atoms with van der Waals surface area (Å²) in [4.78, 5) is 20.9. The van der Waals surface area contributed by atoms with Gasteiger partial charge in [0.25, 0.3) is 5.91 Å². The first kappa shape index (κ1) is 16.5. The summed E-state index contributed by atoms with van der Waals surface area (Å²) in [5, 5.41) is 3.92.